The Morgan fingerprint density at radius 2 is 2.18 bits per heavy atom. The molecule has 94 valence electrons. The van der Waals surface area contributed by atoms with Gasteiger partial charge in [0.25, 0.3) is 0 Å². The fraction of sp³-hybridized carbons (Fsp3) is 0.538. The van der Waals surface area contributed by atoms with Crippen LogP contribution < -0.4 is 10.6 Å². The molecule has 2 N–H and O–H groups in total. The lowest BCUT2D eigenvalue weighted by molar-refractivity contribution is -0.121. The van der Waals surface area contributed by atoms with Gasteiger partial charge in [-0.1, -0.05) is 6.07 Å². The molecule has 0 spiro atoms. The van der Waals surface area contributed by atoms with Crippen LogP contribution in [0.3, 0.4) is 0 Å². The fourth-order valence-electron chi connectivity index (χ4n) is 1.35. The maximum atomic E-state index is 11.7. The molecule has 0 aliphatic carbocycles. The van der Waals surface area contributed by atoms with E-state index in [0.717, 1.165) is 5.56 Å². The van der Waals surface area contributed by atoms with Crippen molar-refractivity contribution in [1.82, 2.24) is 15.6 Å². The molecule has 1 rings (SSSR count). The van der Waals surface area contributed by atoms with Gasteiger partial charge in [-0.3, -0.25) is 9.78 Å². The van der Waals surface area contributed by atoms with Crippen molar-refractivity contribution in [2.45, 2.75) is 39.3 Å². The number of carbonyl (C=O) groups is 1. The predicted octanol–water partition coefficient (Wildman–Crippen LogP) is 1.65. The van der Waals surface area contributed by atoms with Crippen molar-refractivity contribution in [3.63, 3.8) is 0 Å². The Morgan fingerprint density at radius 1 is 1.47 bits per heavy atom. The quantitative estimate of drug-likeness (QED) is 0.834. The van der Waals surface area contributed by atoms with E-state index in [1.807, 2.05) is 39.8 Å². The number of aromatic nitrogens is 1. The molecule has 0 aliphatic rings. The van der Waals surface area contributed by atoms with Gasteiger partial charge in [0.15, 0.2) is 0 Å². The van der Waals surface area contributed by atoms with E-state index in [4.69, 9.17) is 0 Å². The summed E-state index contributed by atoms with van der Waals surface area (Å²) in [6, 6.07) is 3.80. The summed E-state index contributed by atoms with van der Waals surface area (Å²) in [7, 11) is 0. The smallest absolute Gasteiger partial charge is 0.234 e. The van der Waals surface area contributed by atoms with Gasteiger partial charge < -0.3 is 10.6 Å². The average molecular weight is 235 g/mol. The van der Waals surface area contributed by atoms with E-state index in [9.17, 15) is 4.79 Å². The van der Waals surface area contributed by atoms with Crippen molar-refractivity contribution in [3.8, 4) is 0 Å². The molecule has 0 aromatic carbocycles. The van der Waals surface area contributed by atoms with Crippen LogP contribution in [0.2, 0.25) is 0 Å². The Bertz CT molecular complexity index is 357. The predicted molar refractivity (Wildman–Crippen MR) is 68.6 cm³/mol. The Hall–Kier alpha value is -1.42. The SMILES string of the molecule is CC(NC(=O)CNC(C)(C)C)c1cccnc1. The molecule has 0 aliphatic heterocycles. The van der Waals surface area contributed by atoms with Gasteiger partial charge in [0, 0.05) is 17.9 Å². The van der Waals surface area contributed by atoms with E-state index in [1.165, 1.54) is 0 Å². The van der Waals surface area contributed by atoms with Gasteiger partial charge in [0.05, 0.1) is 12.6 Å². The Labute approximate surface area is 103 Å². The molecule has 0 radical (unpaired) electrons. The zero-order valence-corrected chi connectivity index (χ0v) is 10.9. The summed E-state index contributed by atoms with van der Waals surface area (Å²) < 4.78 is 0. The first-order chi connectivity index (χ1) is 7.88. The lowest BCUT2D eigenvalue weighted by Gasteiger charge is -2.21. The summed E-state index contributed by atoms with van der Waals surface area (Å²) in [5.74, 6) is -0.00345. The summed E-state index contributed by atoms with van der Waals surface area (Å²) in [6.07, 6.45) is 3.49. The molecule has 0 saturated heterocycles. The molecule has 4 nitrogen and oxygen atoms in total. The van der Waals surface area contributed by atoms with Gasteiger partial charge in [0.2, 0.25) is 5.91 Å². The first-order valence-electron chi connectivity index (χ1n) is 5.83. The van der Waals surface area contributed by atoms with Crippen LogP contribution in [0.15, 0.2) is 24.5 Å². The van der Waals surface area contributed by atoms with Gasteiger partial charge >= 0.3 is 0 Å². The third-order valence-electron chi connectivity index (χ3n) is 2.34. The summed E-state index contributed by atoms with van der Waals surface area (Å²) in [5.41, 5.74) is 0.964. The minimum atomic E-state index is -0.0467. The van der Waals surface area contributed by atoms with Crippen molar-refractivity contribution in [2.24, 2.45) is 0 Å². The van der Waals surface area contributed by atoms with Crippen LogP contribution in [0.4, 0.5) is 0 Å². The molecule has 4 heteroatoms. The lowest BCUT2D eigenvalue weighted by Crippen LogP contribution is -2.43. The fourth-order valence-corrected chi connectivity index (χ4v) is 1.35. The monoisotopic (exact) mass is 235 g/mol. The molecule has 1 aromatic heterocycles. The summed E-state index contributed by atoms with van der Waals surface area (Å²) >= 11 is 0. The van der Waals surface area contributed by atoms with Gasteiger partial charge in [-0.25, -0.2) is 0 Å². The Morgan fingerprint density at radius 3 is 2.71 bits per heavy atom. The molecule has 1 amide bonds. The number of hydrogen-bond donors (Lipinski definition) is 2. The molecule has 1 aromatic rings. The third kappa shape index (κ3) is 5.45. The summed E-state index contributed by atoms with van der Waals surface area (Å²) in [4.78, 5) is 15.7. The zero-order chi connectivity index (χ0) is 12.9. The number of carbonyl (C=O) groups excluding carboxylic acids is 1. The number of nitrogens with zero attached hydrogens (tertiary/aromatic N) is 1. The van der Waals surface area contributed by atoms with Crippen molar-refractivity contribution in [1.29, 1.82) is 0 Å². The highest BCUT2D eigenvalue weighted by molar-refractivity contribution is 5.78. The molecule has 17 heavy (non-hydrogen) atoms. The maximum Gasteiger partial charge on any atom is 0.234 e. The van der Waals surface area contributed by atoms with Gasteiger partial charge in [-0.15, -0.1) is 0 Å². The minimum absolute atomic E-state index is 0.00345. The highest BCUT2D eigenvalue weighted by Gasteiger charge is 2.13. The van der Waals surface area contributed by atoms with E-state index < -0.39 is 0 Å². The van der Waals surface area contributed by atoms with Crippen molar-refractivity contribution >= 4 is 5.91 Å². The standard InChI is InChI=1S/C13H21N3O/c1-10(11-6-5-7-14-8-11)16-12(17)9-15-13(2,3)4/h5-8,10,15H,9H2,1-4H3,(H,16,17). The third-order valence-corrected chi connectivity index (χ3v) is 2.34. The summed E-state index contributed by atoms with van der Waals surface area (Å²) in [6.45, 7) is 8.38. The van der Waals surface area contributed by atoms with Gasteiger partial charge in [-0.05, 0) is 39.3 Å². The largest absolute Gasteiger partial charge is 0.348 e. The van der Waals surface area contributed by atoms with Gasteiger partial charge in [-0.2, -0.15) is 0 Å². The minimum Gasteiger partial charge on any atom is -0.348 e. The van der Waals surface area contributed by atoms with E-state index in [0.29, 0.717) is 6.54 Å². The van der Waals surface area contributed by atoms with E-state index in [2.05, 4.69) is 15.6 Å². The van der Waals surface area contributed by atoms with Crippen LogP contribution in [0.1, 0.15) is 39.3 Å². The van der Waals surface area contributed by atoms with Crippen LogP contribution in [0.5, 0.6) is 0 Å². The first kappa shape index (κ1) is 13.6. The number of rotatable bonds is 4. The van der Waals surface area contributed by atoms with Crippen molar-refractivity contribution in [2.75, 3.05) is 6.54 Å². The molecular formula is C13H21N3O. The van der Waals surface area contributed by atoms with Crippen LogP contribution in [-0.2, 0) is 4.79 Å². The van der Waals surface area contributed by atoms with Crippen molar-refractivity contribution < 1.29 is 4.79 Å². The zero-order valence-electron chi connectivity index (χ0n) is 10.9. The first-order valence-corrected chi connectivity index (χ1v) is 5.83. The maximum absolute atomic E-state index is 11.7. The Kier molecular flexibility index (Phi) is 4.63. The van der Waals surface area contributed by atoms with Crippen LogP contribution in [0.25, 0.3) is 0 Å². The van der Waals surface area contributed by atoms with Crippen LogP contribution >= 0.6 is 0 Å². The topological polar surface area (TPSA) is 54.0 Å². The van der Waals surface area contributed by atoms with E-state index in [-0.39, 0.29) is 17.5 Å². The molecule has 0 fully saturated rings. The molecule has 1 unspecified atom stereocenters. The molecule has 1 atom stereocenters. The summed E-state index contributed by atoms with van der Waals surface area (Å²) in [5, 5.41) is 6.08. The molecule has 0 bridgehead atoms. The molecule has 1 heterocycles. The number of pyridine rings is 1. The second-order valence-corrected chi connectivity index (χ2v) is 5.18. The Balaban J connectivity index is 2.42. The average Bonchev–Trinajstić information content (AvgIpc) is 2.27. The number of hydrogen-bond acceptors (Lipinski definition) is 3. The van der Waals surface area contributed by atoms with Crippen LogP contribution in [0, 0.1) is 0 Å². The van der Waals surface area contributed by atoms with Gasteiger partial charge in [0.1, 0.15) is 0 Å². The molecule has 0 saturated carbocycles. The second-order valence-electron chi connectivity index (χ2n) is 5.18. The van der Waals surface area contributed by atoms with Crippen molar-refractivity contribution in [3.05, 3.63) is 30.1 Å². The number of amides is 1. The molecular weight excluding hydrogens is 214 g/mol. The number of nitrogens with one attached hydrogen (secondary N) is 2. The van der Waals surface area contributed by atoms with E-state index >= 15 is 0 Å². The lowest BCUT2D eigenvalue weighted by atomic mass is 10.1. The normalized spacial score (nSPS) is 13.2. The second kappa shape index (κ2) is 5.77. The van der Waals surface area contributed by atoms with E-state index in [1.54, 1.807) is 12.4 Å². The highest BCUT2D eigenvalue weighted by Crippen LogP contribution is 2.09. The van der Waals surface area contributed by atoms with Crippen LogP contribution in [-0.4, -0.2) is 23.0 Å². The highest BCUT2D eigenvalue weighted by atomic mass is 16.1.